The SMILES string of the molecule is CCO/C(=C(/SC(C)(C)C)n1ccnc1)c1ccc(Cl)cc1. The average Bonchev–Trinajstić information content (AvgIpc) is 2.97. The zero-order valence-corrected chi connectivity index (χ0v) is 14.9. The van der Waals surface area contributed by atoms with Gasteiger partial charge in [0.15, 0.2) is 5.76 Å². The lowest BCUT2D eigenvalue weighted by Crippen LogP contribution is -2.11. The molecule has 1 aromatic heterocycles. The summed E-state index contributed by atoms with van der Waals surface area (Å²) in [6.45, 7) is 9.13. The van der Waals surface area contributed by atoms with E-state index in [2.05, 4.69) is 25.8 Å². The van der Waals surface area contributed by atoms with Crippen LogP contribution in [-0.2, 0) is 4.74 Å². The van der Waals surface area contributed by atoms with Gasteiger partial charge in [-0.15, -0.1) is 0 Å². The highest BCUT2D eigenvalue weighted by atomic mass is 35.5. The highest BCUT2D eigenvalue weighted by Gasteiger charge is 2.21. The third kappa shape index (κ3) is 4.55. The lowest BCUT2D eigenvalue weighted by molar-refractivity contribution is 0.299. The molecule has 2 aromatic rings. The van der Waals surface area contributed by atoms with Crippen LogP contribution < -0.4 is 0 Å². The van der Waals surface area contributed by atoms with Gasteiger partial charge in [-0.2, -0.15) is 0 Å². The normalized spacial score (nSPS) is 13.0. The summed E-state index contributed by atoms with van der Waals surface area (Å²) >= 11 is 7.75. The van der Waals surface area contributed by atoms with Gasteiger partial charge in [-0.05, 0) is 31.2 Å². The van der Waals surface area contributed by atoms with Gasteiger partial charge in [-0.1, -0.05) is 44.1 Å². The van der Waals surface area contributed by atoms with Gasteiger partial charge in [-0.3, -0.25) is 4.57 Å². The molecule has 5 heteroatoms. The summed E-state index contributed by atoms with van der Waals surface area (Å²) in [6.07, 6.45) is 5.50. The molecule has 0 saturated carbocycles. The van der Waals surface area contributed by atoms with Crippen LogP contribution in [0.4, 0.5) is 0 Å². The predicted molar refractivity (Wildman–Crippen MR) is 95.8 cm³/mol. The molecule has 0 fully saturated rings. The highest BCUT2D eigenvalue weighted by Crippen LogP contribution is 2.39. The molecular weight excluding hydrogens is 316 g/mol. The van der Waals surface area contributed by atoms with E-state index in [1.165, 1.54) is 0 Å². The molecule has 0 spiro atoms. The maximum Gasteiger partial charge on any atom is 0.157 e. The third-order valence-corrected chi connectivity index (χ3v) is 4.19. The van der Waals surface area contributed by atoms with E-state index in [1.54, 1.807) is 24.3 Å². The van der Waals surface area contributed by atoms with Gasteiger partial charge in [-0.25, -0.2) is 4.98 Å². The third-order valence-electron chi connectivity index (χ3n) is 2.73. The van der Waals surface area contributed by atoms with Crippen LogP contribution >= 0.6 is 23.4 Å². The molecule has 0 amide bonds. The van der Waals surface area contributed by atoms with Crippen LogP contribution in [0.5, 0.6) is 0 Å². The van der Waals surface area contributed by atoms with Gasteiger partial charge >= 0.3 is 0 Å². The van der Waals surface area contributed by atoms with Gasteiger partial charge in [0, 0.05) is 27.7 Å². The van der Waals surface area contributed by atoms with Crippen molar-refractivity contribution in [3.05, 3.63) is 53.6 Å². The summed E-state index contributed by atoms with van der Waals surface area (Å²) in [5.74, 6) is 0.845. The Morgan fingerprint density at radius 2 is 1.95 bits per heavy atom. The fraction of sp³-hybridized carbons (Fsp3) is 0.353. The molecule has 1 aromatic carbocycles. The van der Waals surface area contributed by atoms with Crippen LogP contribution in [0, 0.1) is 0 Å². The number of benzene rings is 1. The van der Waals surface area contributed by atoms with Crippen molar-refractivity contribution >= 4 is 34.2 Å². The van der Waals surface area contributed by atoms with Crippen molar-refractivity contribution in [3.63, 3.8) is 0 Å². The largest absolute Gasteiger partial charge is 0.490 e. The maximum absolute atomic E-state index is 6.00. The Morgan fingerprint density at radius 3 is 2.45 bits per heavy atom. The minimum Gasteiger partial charge on any atom is -0.490 e. The van der Waals surface area contributed by atoms with E-state index in [9.17, 15) is 0 Å². The summed E-state index contributed by atoms with van der Waals surface area (Å²) in [7, 11) is 0. The molecule has 0 aliphatic rings. The molecule has 0 radical (unpaired) electrons. The summed E-state index contributed by atoms with van der Waals surface area (Å²) in [5, 5.41) is 1.74. The topological polar surface area (TPSA) is 27.1 Å². The lowest BCUT2D eigenvalue weighted by Gasteiger charge is -2.23. The quantitative estimate of drug-likeness (QED) is 0.685. The minimum atomic E-state index is 0.0500. The van der Waals surface area contributed by atoms with E-state index in [-0.39, 0.29) is 4.75 Å². The first kappa shape index (κ1) is 17.0. The first-order chi connectivity index (χ1) is 10.4. The van der Waals surface area contributed by atoms with Crippen molar-refractivity contribution in [2.45, 2.75) is 32.4 Å². The number of imidazole rings is 1. The van der Waals surface area contributed by atoms with Crippen molar-refractivity contribution in [2.24, 2.45) is 0 Å². The molecule has 0 aliphatic carbocycles. The summed E-state index contributed by atoms with van der Waals surface area (Å²) in [4.78, 5) is 4.16. The van der Waals surface area contributed by atoms with E-state index in [0.29, 0.717) is 11.6 Å². The van der Waals surface area contributed by atoms with Crippen LogP contribution in [0.25, 0.3) is 10.8 Å². The molecule has 0 bridgehead atoms. The fourth-order valence-corrected chi connectivity index (χ4v) is 3.09. The number of nitrogens with zero attached hydrogens (tertiary/aromatic N) is 2. The van der Waals surface area contributed by atoms with Crippen molar-refractivity contribution in [2.75, 3.05) is 6.61 Å². The van der Waals surface area contributed by atoms with Crippen LogP contribution in [0.3, 0.4) is 0 Å². The van der Waals surface area contributed by atoms with Gasteiger partial charge in [0.1, 0.15) is 5.03 Å². The fourth-order valence-electron chi connectivity index (χ4n) is 1.90. The molecule has 22 heavy (non-hydrogen) atoms. The second-order valence-corrected chi connectivity index (χ2v) is 8.01. The lowest BCUT2D eigenvalue weighted by atomic mass is 10.2. The van der Waals surface area contributed by atoms with E-state index < -0.39 is 0 Å². The summed E-state index contributed by atoms with van der Waals surface area (Å²) < 4.78 is 8.01. The van der Waals surface area contributed by atoms with Crippen LogP contribution in [0.15, 0.2) is 43.0 Å². The number of halogens is 1. The molecule has 1 heterocycles. The standard InChI is InChI=1S/C17H21ClN2OS/c1-5-21-15(13-6-8-14(18)9-7-13)16(22-17(2,3)4)20-11-10-19-12-20/h6-12H,5H2,1-4H3/b16-15+. The Balaban J connectivity index is 2.57. The van der Waals surface area contributed by atoms with Crippen molar-refractivity contribution in [1.82, 2.24) is 9.55 Å². The molecule has 118 valence electrons. The van der Waals surface area contributed by atoms with Crippen molar-refractivity contribution in [3.8, 4) is 0 Å². The van der Waals surface area contributed by atoms with Crippen LogP contribution in [-0.4, -0.2) is 20.9 Å². The molecule has 0 N–H and O–H groups in total. The monoisotopic (exact) mass is 336 g/mol. The first-order valence-electron chi connectivity index (χ1n) is 7.21. The van der Waals surface area contributed by atoms with Crippen LogP contribution in [0.1, 0.15) is 33.3 Å². The maximum atomic E-state index is 6.00. The predicted octanol–water partition coefficient (Wildman–Crippen LogP) is 5.39. The van der Waals surface area contributed by atoms with Gasteiger partial charge in [0.05, 0.1) is 12.9 Å². The van der Waals surface area contributed by atoms with Gasteiger partial charge in [0.25, 0.3) is 0 Å². The molecule has 3 nitrogen and oxygen atoms in total. The molecule has 0 atom stereocenters. The van der Waals surface area contributed by atoms with E-state index in [1.807, 2.05) is 42.0 Å². The van der Waals surface area contributed by atoms with E-state index >= 15 is 0 Å². The Morgan fingerprint density at radius 1 is 1.27 bits per heavy atom. The Labute approximate surface area is 141 Å². The summed E-state index contributed by atoms with van der Waals surface area (Å²) in [5.41, 5.74) is 1.01. The number of ether oxygens (including phenoxy) is 1. The van der Waals surface area contributed by atoms with Gasteiger partial charge in [0.2, 0.25) is 0 Å². The second kappa shape index (κ2) is 7.25. The van der Waals surface area contributed by atoms with Crippen molar-refractivity contribution < 1.29 is 4.74 Å². The Kier molecular flexibility index (Phi) is 5.59. The molecule has 2 rings (SSSR count). The zero-order valence-electron chi connectivity index (χ0n) is 13.3. The molecular formula is C17H21ClN2OS. The Bertz CT molecular complexity index is 628. The number of aromatic nitrogens is 2. The van der Waals surface area contributed by atoms with E-state index in [0.717, 1.165) is 16.4 Å². The average molecular weight is 337 g/mol. The number of rotatable bonds is 5. The van der Waals surface area contributed by atoms with Crippen molar-refractivity contribution in [1.29, 1.82) is 0 Å². The van der Waals surface area contributed by atoms with E-state index in [4.69, 9.17) is 16.3 Å². The highest BCUT2D eigenvalue weighted by molar-refractivity contribution is 8.09. The second-order valence-electron chi connectivity index (χ2n) is 5.76. The minimum absolute atomic E-state index is 0.0500. The molecule has 0 aliphatic heterocycles. The smallest absolute Gasteiger partial charge is 0.157 e. The zero-order chi connectivity index (χ0) is 16.2. The van der Waals surface area contributed by atoms with Gasteiger partial charge < -0.3 is 4.74 Å². The molecule has 0 saturated heterocycles. The van der Waals surface area contributed by atoms with Crippen LogP contribution in [0.2, 0.25) is 5.02 Å². The number of hydrogen-bond acceptors (Lipinski definition) is 3. The number of thioether (sulfide) groups is 1. The number of hydrogen-bond donors (Lipinski definition) is 0. The molecule has 0 unspecified atom stereocenters. The summed E-state index contributed by atoms with van der Waals surface area (Å²) in [6, 6.07) is 7.72. The Hall–Kier alpha value is -1.39. The first-order valence-corrected chi connectivity index (χ1v) is 8.40.